The molecule has 1 rings (SSSR count). The van der Waals surface area contributed by atoms with Crippen molar-refractivity contribution in [3.05, 3.63) is 0 Å². The van der Waals surface area contributed by atoms with Crippen LogP contribution in [-0.4, -0.2) is 18.5 Å². The number of rotatable bonds is 3. The molecule has 1 fully saturated rings. The molecule has 0 saturated heterocycles. The maximum atomic E-state index is 11.9. The standard InChI is InChI=1S/C12H24N2O/c1-9-5-4-6-10(7-9)14-11(15)12(2,3)8-13/h9-10H,4-8,13H2,1-3H3,(H,14,15). The summed E-state index contributed by atoms with van der Waals surface area (Å²) in [6.07, 6.45) is 4.77. The lowest BCUT2D eigenvalue weighted by Gasteiger charge is -2.31. The third-order valence-electron chi connectivity index (χ3n) is 3.40. The van der Waals surface area contributed by atoms with E-state index in [9.17, 15) is 4.79 Å². The van der Waals surface area contributed by atoms with Crippen LogP contribution in [-0.2, 0) is 4.79 Å². The van der Waals surface area contributed by atoms with E-state index in [-0.39, 0.29) is 5.91 Å². The van der Waals surface area contributed by atoms with Crippen LogP contribution in [0.15, 0.2) is 0 Å². The van der Waals surface area contributed by atoms with Crippen molar-refractivity contribution >= 4 is 5.91 Å². The summed E-state index contributed by atoms with van der Waals surface area (Å²) in [6, 6.07) is 0.368. The van der Waals surface area contributed by atoms with Crippen molar-refractivity contribution in [1.82, 2.24) is 5.32 Å². The molecule has 0 aromatic carbocycles. The first-order chi connectivity index (χ1) is 6.95. The van der Waals surface area contributed by atoms with Crippen molar-refractivity contribution < 1.29 is 4.79 Å². The first-order valence-electron chi connectivity index (χ1n) is 5.96. The van der Waals surface area contributed by atoms with E-state index in [1.54, 1.807) is 0 Å². The van der Waals surface area contributed by atoms with Gasteiger partial charge in [-0.05, 0) is 32.6 Å². The number of hydrogen-bond donors (Lipinski definition) is 2. The van der Waals surface area contributed by atoms with E-state index >= 15 is 0 Å². The molecule has 0 aliphatic heterocycles. The molecule has 1 aliphatic rings. The molecule has 1 aliphatic carbocycles. The van der Waals surface area contributed by atoms with Crippen molar-refractivity contribution in [2.45, 2.75) is 52.5 Å². The van der Waals surface area contributed by atoms with Gasteiger partial charge in [-0.2, -0.15) is 0 Å². The lowest BCUT2D eigenvalue weighted by Crippen LogP contribution is -2.47. The largest absolute Gasteiger partial charge is 0.353 e. The minimum absolute atomic E-state index is 0.101. The summed E-state index contributed by atoms with van der Waals surface area (Å²) < 4.78 is 0. The number of carbonyl (C=O) groups is 1. The molecule has 0 radical (unpaired) electrons. The van der Waals surface area contributed by atoms with E-state index in [0.29, 0.717) is 12.6 Å². The zero-order chi connectivity index (χ0) is 11.5. The van der Waals surface area contributed by atoms with E-state index in [1.807, 2.05) is 13.8 Å². The highest BCUT2D eigenvalue weighted by atomic mass is 16.2. The molecule has 0 spiro atoms. The molecule has 1 saturated carbocycles. The number of carbonyl (C=O) groups excluding carboxylic acids is 1. The monoisotopic (exact) mass is 212 g/mol. The maximum Gasteiger partial charge on any atom is 0.227 e. The van der Waals surface area contributed by atoms with Crippen LogP contribution in [0.2, 0.25) is 0 Å². The topological polar surface area (TPSA) is 55.1 Å². The summed E-state index contributed by atoms with van der Waals surface area (Å²) in [6.45, 7) is 6.46. The molecule has 3 nitrogen and oxygen atoms in total. The third kappa shape index (κ3) is 3.49. The number of hydrogen-bond acceptors (Lipinski definition) is 2. The second-order valence-electron chi connectivity index (χ2n) is 5.53. The fourth-order valence-corrected chi connectivity index (χ4v) is 2.04. The van der Waals surface area contributed by atoms with Crippen LogP contribution in [0.5, 0.6) is 0 Å². The second kappa shape index (κ2) is 4.97. The number of amides is 1. The SMILES string of the molecule is CC1CCCC(NC(=O)C(C)(C)CN)C1. The van der Waals surface area contributed by atoms with Crippen molar-refractivity contribution in [3.8, 4) is 0 Å². The van der Waals surface area contributed by atoms with Crippen LogP contribution in [0.3, 0.4) is 0 Å². The van der Waals surface area contributed by atoms with Crippen molar-refractivity contribution in [3.63, 3.8) is 0 Å². The Morgan fingerprint density at radius 3 is 2.67 bits per heavy atom. The molecule has 2 atom stereocenters. The molecule has 1 amide bonds. The van der Waals surface area contributed by atoms with Crippen LogP contribution < -0.4 is 11.1 Å². The predicted octanol–water partition coefficient (Wildman–Crippen LogP) is 1.67. The highest BCUT2D eigenvalue weighted by Crippen LogP contribution is 2.24. The molecule has 0 heterocycles. The maximum absolute atomic E-state index is 11.9. The lowest BCUT2D eigenvalue weighted by atomic mass is 9.85. The van der Waals surface area contributed by atoms with Gasteiger partial charge in [0.1, 0.15) is 0 Å². The van der Waals surface area contributed by atoms with Gasteiger partial charge in [0.2, 0.25) is 5.91 Å². The Morgan fingerprint density at radius 1 is 1.47 bits per heavy atom. The van der Waals surface area contributed by atoms with E-state index in [4.69, 9.17) is 5.73 Å². The van der Waals surface area contributed by atoms with Gasteiger partial charge in [-0.1, -0.05) is 19.8 Å². The molecule has 15 heavy (non-hydrogen) atoms. The normalized spacial score (nSPS) is 27.5. The first kappa shape index (κ1) is 12.5. The van der Waals surface area contributed by atoms with Crippen molar-refractivity contribution in [2.75, 3.05) is 6.54 Å². The minimum Gasteiger partial charge on any atom is -0.353 e. The van der Waals surface area contributed by atoms with Crippen molar-refractivity contribution in [2.24, 2.45) is 17.1 Å². The molecule has 88 valence electrons. The van der Waals surface area contributed by atoms with Crippen LogP contribution in [0, 0.1) is 11.3 Å². The quantitative estimate of drug-likeness (QED) is 0.747. The molecule has 2 unspecified atom stereocenters. The fraction of sp³-hybridized carbons (Fsp3) is 0.917. The molecule has 3 N–H and O–H groups in total. The number of nitrogens with one attached hydrogen (secondary N) is 1. The summed E-state index contributed by atoms with van der Waals surface area (Å²) >= 11 is 0. The van der Waals surface area contributed by atoms with E-state index < -0.39 is 5.41 Å². The van der Waals surface area contributed by atoms with Gasteiger partial charge in [-0.25, -0.2) is 0 Å². The predicted molar refractivity (Wildman–Crippen MR) is 62.4 cm³/mol. The minimum atomic E-state index is -0.430. The van der Waals surface area contributed by atoms with Gasteiger partial charge in [0.05, 0.1) is 5.41 Å². The summed E-state index contributed by atoms with van der Waals surface area (Å²) in [5.74, 6) is 0.842. The molecule has 0 bridgehead atoms. The Balaban J connectivity index is 2.44. The van der Waals surface area contributed by atoms with Crippen LogP contribution in [0.4, 0.5) is 0 Å². The Kier molecular flexibility index (Phi) is 4.14. The zero-order valence-corrected chi connectivity index (χ0v) is 10.2. The lowest BCUT2D eigenvalue weighted by molar-refractivity contribution is -0.129. The van der Waals surface area contributed by atoms with Crippen molar-refractivity contribution in [1.29, 1.82) is 0 Å². The van der Waals surface area contributed by atoms with E-state index in [1.165, 1.54) is 12.8 Å². The average Bonchev–Trinajstić information content (AvgIpc) is 2.17. The van der Waals surface area contributed by atoms with E-state index in [2.05, 4.69) is 12.2 Å². The highest BCUT2D eigenvalue weighted by molar-refractivity contribution is 5.82. The van der Waals surface area contributed by atoms with Gasteiger partial charge < -0.3 is 11.1 Å². The summed E-state index contributed by atoms with van der Waals surface area (Å²) in [4.78, 5) is 11.9. The average molecular weight is 212 g/mol. The molecular formula is C12H24N2O. The molecule has 0 aromatic heterocycles. The van der Waals surface area contributed by atoms with Crippen LogP contribution in [0.1, 0.15) is 46.5 Å². The molecule has 0 aromatic rings. The van der Waals surface area contributed by atoms with Crippen LogP contribution >= 0.6 is 0 Å². The van der Waals surface area contributed by atoms with Gasteiger partial charge in [0, 0.05) is 12.6 Å². The fourth-order valence-electron chi connectivity index (χ4n) is 2.04. The molecule has 3 heteroatoms. The second-order valence-corrected chi connectivity index (χ2v) is 5.53. The van der Waals surface area contributed by atoms with Gasteiger partial charge in [-0.3, -0.25) is 4.79 Å². The zero-order valence-electron chi connectivity index (χ0n) is 10.2. The van der Waals surface area contributed by atoms with E-state index in [0.717, 1.165) is 18.8 Å². The summed E-state index contributed by atoms with van der Waals surface area (Å²) in [7, 11) is 0. The first-order valence-corrected chi connectivity index (χ1v) is 5.96. The van der Waals surface area contributed by atoms with Gasteiger partial charge >= 0.3 is 0 Å². The molecular weight excluding hydrogens is 188 g/mol. The summed E-state index contributed by atoms with van der Waals surface area (Å²) in [5.41, 5.74) is 5.15. The van der Waals surface area contributed by atoms with Gasteiger partial charge in [0.15, 0.2) is 0 Å². The van der Waals surface area contributed by atoms with Gasteiger partial charge in [-0.15, -0.1) is 0 Å². The third-order valence-corrected chi connectivity index (χ3v) is 3.40. The van der Waals surface area contributed by atoms with Crippen LogP contribution in [0.25, 0.3) is 0 Å². The van der Waals surface area contributed by atoms with Gasteiger partial charge in [0.25, 0.3) is 0 Å². The smallest absolute Gasteiger partial charge is 0.227 e. The highest BCUT2D eigenvalue weighted by Gasteiger charge is 2.29. The number of nitrogens with two attached hydrogens (primary N) is 1. The Morgan fingerprint density at radius 2 is 2.13 bits per heavy atom. The Hall–Kier alpha value is -0.570. The Labute approximate surface area is 92.8 Å². The Bertz CT molecular complexity index is 226. The summed E-state index contributed by atoms with van der Waals surface area (Å²) in [5, 5.41) is 3.12.